The molecule has 2 aromatic rings. The second-order valence-electron chi connectivity index (χ2n) is 5.20. The van der Waals surface area contributed by atoms with Gasteiger partial charge in [0.05, 0.1) is 5.69 Å². The van der Waals surface area contributed by atoms with E-state index in [9.17, 15) is 9.18 Å². The van der Waals surface area contributed by atoms with Crippen LogP contribution in [0.2, 0.25) is 0 Å². The molecule has 0 fully saturated rings. The van der Waals surface area contributed by atoms with Gasteiger partial charge >= 0.3 is 0 Å². The summed E-state index contributed by atoms with van der Waals surface area (Å²) < 4.78 is 13.1. The van der Waals surface area contributed by atoms with E-state index in [4.69, 9.17) is 0 Å². The van der Waals surface area contributed by atoms with Crippen molar-refractivity contribution in [1.29, 1.82) is 0 Å². The van der Waals surface area contributed by atoms with Gasteiger partial charge in [-0.1, -0.05) is 30.4 Å². The molecular weight excluding hydrogens is 269 g/mol. The number of fused-ring (bicyclic) bond motifs is 1. The van der Waals surface area contributed by atoms with Gasteiger partial charge in [0, 0.05) is 17.9 Å². The topological polar surface area (TPSA) is 57.8 Å². The number of hydrogen-bond acceptors (Lipinski definition) is 2. The summed E-state index contributed by atoms with van der Waals surface area (Å²) in [5, 5.41) is 9.98. The normalized spacial score (nSPS) is 19.6. The van der Waals surface area contributed by atoms with Crippen molar-refractivity contribution in [2.45, 2.75) is 12.3 Å². The highest BCUT2D eigenvalue weighted by Crippen LogP contribution is 2.41. The molecule has 2 aliphatic rings. The first-order valence-electron chi connectivity index (χ1n) is 6.74. The lowest BCUT2D eigenvalue weighted by atomic mass is 9.83. The molecule has 0 saturated heterocycles. The molecule has 2 heterocycles. The molecule has 0 radical (unpaired) electrons. The van der Waals surface area contributed by atoms with E-state index < -0.39 is 0 Å². The Hall–Kier alpha value is -2.69. The highest BCUT2D eigenvalue weighted by atomic mass is 19.1. The molecule has 21 heavy (non-hydrogen) atoms. The van der Waals surface area contributed by atoms with E-state index in [2.05, 4.69) is 15.5 Å². The van der Waals surface area contributed by atoms with E-state index >= 15 is 0 Å². The average Bonchev–Trinajstić information content (AvgIpc) is 2.80. The first-order chi connectivity index (χ1) is 10.2. The third-order valence-corrected chi connectivity index (χ3v) is 3.91. The molecule has 1 atom stereocenters. The minimum absolute atomic E-state index is 0.0759. The number of amides is 1. The lowest BCUT2D eigenvalue weighted by Crippen LogP contribution is -2.23. The highest BCUT2D eigenvalue weighted by molar-refractivity contribution is 5.96. The van der Waals surface area contributed by atoms with Crippen LogP contribution in [0.1, 0.15) is 29.2 Å². The summed E-state index contributed by atoms with van der Waals surface area (Å²) in [7, 11) is 0. The molecule has 1 aliphatic carbocycles. The molecule has 0 spiro atoms. The summed E-state index contributed by atoms with van der Waals surface area (Å²) in [6.07, 6.45) is 6.27. The molecule has 1 aromatic carbocycles. The lowest BCUT2D eigenvalue weighted by molar-refractivity contribution is -0.116. The number of allylic oxidation sites excluding steroid dienone is 4. The molecule has 2 N–H and O–H groups in total. The number of halogens is 1. The lowest BCUT2D eigenvalue weighted by Gasteiger charge is -2.24. The number of aromatic amines is 1. The van der Waals surface area contributed by atoms with Crippen LogP contribution in [0, 0.1) is 5.82 Å². The van der Waals surface area contributed by atoms with Gasteiger partial charge in [-0.05, 0) is 23.3 Å². The van der Waals surface area contributed by atoms with E-state index in [1.165, 1.54) is 12.1 Å². The Morgan fingerprint density at radius 1 is 1.24 bits per heavy atom. The second kappa shape index (κ2) is 4.41. The molecular formula is C16H12FN3O. The van der Waals surface area contributed by atoms with Crippen LogP contribution >= 0.6 is 0 Å². The summed E-state index contributed by atoms with van der Waals surface area (Å²) in [5.41, 5.74) is 3.87. The number of nitrogens with zero attached hydrogens (tertiary/aromatic N) is 1. The smallest absolute Gasteiger partial charge is 0.226 e. The van der Waals surface area contributed by atoms with Crippen molar-refractivity contribution in [2.75, 3.05) is 5.32 Å². The summed E-state index contributed by atoms with van der Waals surface area (Å²) in [4.78, 5) is 11.9. The maximum Gasteiger partial charge on any atom is 0.226 e. The summed E-state index contributed by atoms with van der Waals surface area (Å²) in [6, 6.07) is 6.29. The van der Waals surface area contributed by atoms with Gasteiger partial charge in [0.25, 0.3) is 0 Å². The third-order valence-electron chi connectivity index (χ3n) is 3.91. The van der Waals surface area contributed by atoms with Gasteiger partial charge in [0.2, 0.25) is 5.91 Å². The van der Waals surface area contributed by atoms with Gasteiger partial charge < -0.3 is 5.32 Å². The maximum absolute atomic E-state index is 13.1. The number of rotatable bonds is 2. The predicted octanol–water partition coefficient (Wildman–Crippen LogP) is 2.98. The van der Waals surface area contributed by atoms with Crippen molar-refractivity contribution in [3.8, 4) is 0 Å². The largest absolute Gasteiger partial charge is 0.309 e. The third kappa shape index (κ3) is 1.89. The SMILES string of the molecule is O=C1CC(c2ccc(F)cc2)c2c(n[nH]c2C2=CC=C2)N1. The Bertz CT molecular complexity index is 786. The van der Waals surface area contributed by atoms with Gasteiger partial charge in [0.1, 0.15) is 5.82 Å². The van der Waals surface area contributed by atoms with Gasteiger partial charge in [-0.15, -0.1) is 0 Å². The fourth-order valence-corrected chi connectivity index (χ4v) is 2.81. The summed E-state index contributed by atoms with van der Waals surface area (Å²) in [5.74, 6) is 0.0964. The first-order valence-corrected chi connectivity index (χ1v) is 6.74. The van der Waals surface area contributed by atoms with Crippen LogP contribution in [0.3, 0.4) is 0 Å². The Labute approximate surface area is 120 Å². The van der Waals surface area contributed by atoms with Crippen molar-refractivity contribution >= 4 is 17.3 Å². The maximum atomic E-state index is 13.1. The van der Waals surface area contributed by atoms with E-state index in [0.29, 0.717) is 12.2 Å². The van der Waals surface area contributed by atoms with Crippen molar-refractivity contribution in [3.63, 3.8) is 0 Å². The zero-order valence-electron chi connectivity index (χ0n) is 11.1. The number of nitrogens with one attached hydrogen (secondary N) is 2. The van der Waals surface area contributed by atoms with Crippen LogP contribution in [0.15, 0.2) is 42.5 Å². The fourth-order valence-electron chi connectivity index (χ4n) is 2.81. The number of carbonyl (C=O) groups excluding carboxylic acids is 1. The number of H-pyrrole nitrogens is 1. The first kappa shape index (κ1) is 12.1. The van der Waals surface area contributed by atoms with E-state index in [0.717, 1.165) is 22.4 Å². The molecule has 1 unspecified atom stereocenters. The zero-order chi connectivity index (χ0) is 14.4. The van der Waals surface area contributed by atoms with Crippen LogP contribution < -0.4 is 5.32 Å². The van der Waals surface area contributed by atoms with Crippen molar-refractivity contribution in [2.24, 2.45) is 0 Å². The molecule has 0 bridgehead atoms. The number of benzene rings is 1. The Morgan fingerprint density at radius 2 is 2.00 bits per heavy atom. The molecule has 4 rings (SSSR count). The standard InChI is InChI=1S/C16H12FN3O/c17-11-6-4-9(5-7-11)12-8-13(21)18-16-14(12)15(19-20-16)10-2-1-3-10/h1-7,12H,8H2,(H2,18,19,20,21). The molecule has 1 amide bonds. The fraction of sp³-hybridized carbons (Fsp3) is 0.125. The zero-order valence-corrected chi connectivity index (χ0v) is 11.1. The van der Waals surface area contributed by atoms with E-state index in [1.807, 2.05) is 18.2 Å². The van der Waals surface area contributed by atoms with Crippen molar-refractivity contribution in [3.05, 3.63) is 65.1 Å². The number of anilines is 1. The number of carbonyl (C=O) groups is 1. The predicted molar refractivity (Wildman–Crippen MR) is 77.2 cm³/mol. The van der Waals surface area contributed by atoms with E-state index in [1.54, 1.807) is 12.1 Å². The minimum Gasteiger partial charge on any atom is -0.309 e. The number of hydrogen-bond donors (Lipinski definition) is 2. The molecule has 0 saturated carbocycles. The molecule has 5 heteroatoms. The van der Waals surface area contributed by atoms with Gasteiger partial charge in [-0.25, -0.2) is 4.39 Å². The molecule has 1 aromatic heterocycles. The molecule has 104 valence electrons. The van der Waals surface area contributed by atoms with Crippen molar-refractivity contribution in [1.82, 2.24) is 10.2 Å². The van der Waals surface area contributed by atoms with Gasteiger partial charge in [-0.3, -0.25) is 9.89 Å². The van der Waals surface area contributed by atoms with E-state index in [-0.39, 0.29) is 17.6 Å². The van der Waals surface area contributed by atoms with Crippen LogP contribution in [0.5, 0.6) is 0 Å². The Kier molecular flexibility index (Phi) is 2.54. The van der Waals surface area contributed by atoms with Crippen LogP contribution in [-0.4, -0.2) is 16.1 Å². The van der Waals surface area contributed by atoms with Crippen LogP contribution in [0.4, 0.5) is 10.2 Å². The quantitative estimate of drug-likeness (QED) is 0.889. The minimum atomic E-state index is -0.281. The van der Waals surface area contributed by atoms with Crippen molar-refractivity contribution < 1.29 is 9.18 Å². The van der Waals surface area contributed by atoms with Gasteiger partial charge in [0.15, 0.2) is 5.82 Å². The Balaban J connectivity index is 1.84. The van der Waals surface area contributed by atoms with Gasteiger partial charge in [-0.2, -0.15) is 5.10 Å². The number of aromatic nitrogens is 2. The molecule has 1 aliphatic heterocycles. The van der Waals surface area contributed by atoms with Crippen LogP contribution in [-0.2, 0) is 4.79 Å². The summed E-state index contributed by atoms with van der Waals surface area (Å²) in [6.45, 7) is 0. The monoisotopic (exact) mass is 281 g/mol. The average molecular weight is 281 g/mol. The second-order valence-corrected chi connectivity index (χ2v) is 5.20. The highest BCUT2D eigenvalue weighted by Gasteiger charge is 2.32. The van der Waals surface area contributed by atoms with Crippen LogP contribution in [0.25, 0.3) is 5.57 Å². The summed E-state index contributed by atoms with van der Waals surface area (Å²) >= 11 is 0. The molecule has 4 nitrogen and oxygen atoms in total. The Morgan fingerprint density at radius 3 is 2.67 bits per heavy atom.